The number of halogens is 2. The van der Waals surface area contributed by atoms with Crippen LogP contribution in [0.25, 0.3) is 0 Å². The number of rotatable bonds is 8. The van der Waals surface area contributed by atoms with Gasteiger partial charge in [-0.25, -0.2) is 4.99 Å². The minimum atomic E-state index is -0.203. The summed E-state index contributed by atoms with van der Waals surface area (Å²) in [5.41, 5.74) is 0.905. The van der Waals surface area contributed by atoms with Gasteiger partial charge in [0.1, 0.15) is 11.3 Å². The number of nitrogens with zero attached hydrogens (tertiary/aromatic N) is 4. The van der Waals surface area contributed by atoms with Crippen LogP contribution in [-0.4, -0.2) is 33.8 Å². The molecule has 0 aromatic carbocycles. The smallest absolute Gasteiger partial charge is 0.246 e. The maximum atomic E-state index is 6.08. The molecule has 2 N–H and O–H groups in total. The Bertz CT molecular complexity index is 743. The van der Waals surface area contributed by atoms with Gasteiger partial charge in [-0.3, -0.25) is 0 Å². The zero-order valence-electron chi connectivity index (χ0n) is 15.3. The number of aromatic nitrogens is 3. The number of hydrogen-bond acceptors (Lipinski definition) is 5. The molecule has 0 aliphatic heterocycles. The largest absolute Gasteiger partial charge is 0.371 e. The fourth-order valence-electron chi connectivity index (χ4n) is 2.23. The van der Waals surface area contributed by atoms with Crippen LogP contribution in [0.4, 0.5) is 0 Å². The quantitative estimate of drug-likeness (QED) is 0.520. The Morgan fingerprint density at radius 3 is 2.77 bits per heavy atom. The average Bonchev–Trinajstić information content (AvgIpc) is 3.19. The Balaban J connectivity index is 1.98. The van der Waals surface area contributed by atoms with Crippen LogP contribution in [0.2, 0.25) is 10.2 Å². The predicted molar refractivity (Wildman–Crippen MR) is 101 cm³/mol. The summed E-state index contributed by atoms with van der Waals surface area (Å²) >= 11 is 12.1. The van der Waals surface area contributed by atoms with Crippen LogP contribution in [0, 0.1) is 0 Å². The fourth-order valence-corrected chi connectivity index (χ4v) is 2.65. The Morgan fingerprint density at radius 1 is 1.38 bits per heavy atom. The molecular formula is C16H24Cl2N6O2. The number of guanidine groups is 1. The molecule has 0 saturated heterocycles. The summed E-state index contributed by atoms with van der Waals surface area (Å²) in [6, 6.07) is 1.80. The SMILES string of the molecule is CCNC(=NCc1cc(Cl)c(Cl)n1C)NCc1nc(C(C)OCC)no1. The van der Waals surface area contributed by atoms with Crippen molar-refractivity contribution in [3.8, 4) is 0 Å². The van der Waals surface area contributed by atoms with Crippen molar-refractivity contribution in [2.75, 3.05) is 13.2 Å². The van der Waals surface area contributed by atoms with E-state index >= 15 is 0 Å². The van der Waals surface area contributed by atoms with Crippen molar-refractivity contribution in [3.05, 3.63) is 33.7 Å². The molecule has 0 fully saturated rings. The molecule has 0 spiro atoms. The summed E-state index contributed by atoms with van der Waals surface area (Å²) in [4.78, 5) is 8.85. The summed E-state index contributed by atoms with van der Waals surface area (Å²) in [7, 11) is 1.85. The zero-order valence-corrected chi connectivity index (χ0v) is 16.9. The van der Waals surface area contributed by atoms with Crippen molar-refractivity contribution < 1.29 is 9.26 Å². The molecule has 1 atom stereocenters. The van der Waals surface area contributed by atoms with Gasteiger partial charge in [-0.2, -0.15) is 4.98 Å². The van der Waals surface area contributed by atoms with Crippen LogP contribution in [0.5, 0.6) is 0 Å². The summed E-state index contributed by atoms with van der Waals surface area (Å²) in [6.07, 6.45) is -0.203. The first kappa shape index (κ1) is 20.5. The average molecular weight is 403 g/mol. The molecule has 10 heteroatoms. The molecule has 0 amide bonds. The van der Waals surface area contributed by atoms with Crippen LogP contribution in [0.3, 0.4) is 0 Å². The molecule has 0 aliphatic rings. The second-order valence-corrected chi connectivity index (χ2v) is 6.29. The second-order valence-electron chi connectivity index (χ2n) is 5.53. The van der Waals surface area contributed by atoms with E-state index in [0.29, 0.717) is 47.5 Å². The zero-order chi connectivity index (χ0) is 19.1. The molecule has 0 radical (unpaired) electrons. The molecule has 0 saturated carbocycles. The monoisotopic (exact) mass is 402 g/mol. The summed E-state index contributed by atoms with van der Waals surface area (Å²) in [5.74, 6) is 1.61. The summed E-state index contributed by atoms with van der Waals surface area (Å²) < 4.78 is 12.5. The van der Waals surface area contributed by atoms with E-state index in [0.717, 1.165) is 12.2 Å². The van der Waals surface area contributed by atoms with Crippen molar-refractivity contribution >= 4 is 29.2 Å². The molecule has 144 valence electrons. The third kappa shape index (κ3) is 5.36. The lowest BCUT2D eigenvalue weighted by Gasteiger charge is -2.10. The summed E-state index contributed by atoms with van der Waals surface area (Å²) in [5, 5.41) is 11.3. The highest BCUT2D eigenvalue weighted by molar-refractivity contribution is 6.41. The highest BCUT2D eigenvalue weighted by Gasteiger charge is 2.14. The minimum absolute atomic E-state index is 0.203. The molecule has 2 rings (SSSR count). The molecule has 2 heterocycles. The van der Waals surface area contributed by atoms with Crippen molar-refractivity contribution in [1.82, 2.24) is 25.3 Å². The molecule has 2 aromatic rings. The normalized spacial score (nSPS) is 13.1. The molecule has 26 heavy (non-hydrogen) atoms. The lowest BCUT2D eigenvalue weighted by atomic mass is 10.4. The number of aliphatic imine (C=N–C) groups is 1. The van der Waals surface area contributed by atoms with Crippen molar-refractivity contribution in [2.24, 2.45) is 12.0 Å². The Morgan fingerprint density at radius 2 is 2.15 bits per heavy atom. The Labute approximate surface area is 162 Å². The molecular weight excluding hydrogens is 379 g/mol. The standard InChI is InChI=1S/C16H24Cl2N6O2/c1-5-19-16(20-8-11-7-12(17)14(18)24(11)4)21-9-13-22-15(23-26-13)10(3)25-6-2/h7,10H,5-6,8-9H2,1-4H3,(H2,19,20,21). The highest BCUT2D eigenvalue weighted by Crippen LogP contribution is 2.25. The minimum Gasteiger partial charge on any atom is -0.371 e. The Kier molecular flexibility index (Phi) is 7.74. The van der Waals surface area contributed by atoms with E-state index in [1.807, 2.05) is 27.8 Å². The van der Waals surface area contributed by atoms with E-state index in [4.69, 9.17) is 32.5 Å². The van der Waals surface area contributed by atoms with Gasteiger partial charge < -0.3 is 24.5 Å². The Hall–Kier alpha value is -1.77. The lowest BCUT2D eigenvalue weighted by Crippen LogP contribution is -2.36. The number of hydrogen-bond donors (Lipinski definition) is 2. The first-order chi connectivity index (χ1) is 12.5. The number of nitrogens with one attached hydrogen (secondary N) is 2. The van der Waals surface area contributed by atoms with E-state index in [9.17, 15) is 0 Å². The van der Waals surface area contributed by atoms with Gasteiger partial charge in [-0.1, -0.05) is 28.4 Å². The van der Waals surface area contributed by atoms with E-state index in [-0.39, 0.29) is 6.10 Å². The molecule has 1 unspecified atom stereocenters. The van der Waals surface area contributed by atoms with Crippen molar-refractivity contribution in [3.63, 3.8) is 0 Å². The maximum Gasteiger partial charge on any atom is 0.246 e. The topological polar surface area (TPSA) is 89.5 Å². The molecule has 0 aliphatic carbocycles. The second kappa shape index (κ2) is 9.80. The van der Waals surface area contributed by atoms with Gasteiger partial charge in [0.25, 0.3) is 0 Å². The number of ether oxygens (including phenoxy) is 1. The van der Waals surface area contributed by atoms with Crippen LogP contribution >= 0.6 is 23.2 Å². The third-order valence-electron chi connectivity index (χ3n) is 3.63. The van der Waals surface area contributed by atoms with E-state index in [2.05, 4.69) is 25.8 Å². The van der Waals surface area contributed by atoms with Gasteiger partial charge in [0.05, 0.1) is 18.1 Å². The lowest BCUT2D eigenvalue weighted by molar-refractivity contribution is 0.0683. The van der Waals surface area contributed by atoms with Crippen molar-refractivity contribution in [1.29, 1.82) is 0 Å². The first-order valence-electron chi connectivity index (χ1n) is 8.42. The van der Waals surface area contributed by atoms with Gasteiger partial charge >= 0.3 is 0 Å². The van der Waals surface area contributed by atoms with E-state index < -0.39 is 0 Å². The summed E-state index contributed by atoms with van der Waals surface area (Å²) in [6.45, 7) is 7.88. The van der Waals surface area contributed by atoms with E-state index in [1.165, 1.54) is 0 Å². The highest BCUT2D eigenvalue weighted by atomic mass is 35.5. The van der Waals surface area contributed by atoms with E-state index in [1.54, 1.807) is 10.6 Å². The van der Waals surface area contributed by atoms with Crippen LogP contribution < -0.4 is 10.6 Å². The van der Waals surface area contributed by atoms with Crippen LogP contribution in [0.1, 0.15) is 44.3 Å². The molecule has 0 bridgehead atoms. The third-order valence-corrected chi connectivity index (χ3v) is 4.47. The van der Waals surface area contributed by atoms with Gasteiger partial charge in [0.15, 0.2) is 11.8 Å². The predicted octanol–water partition coefficient (Wildman–Crippen LogP) is 3.07. The van der Waals surface area contributed by atoms with Crippen LogP contribution in [0.15, 0.2) is 15.6 Å². The molecule has 8 nitrogen and oxygen atoms in total. The maximum absolute atomic E-state index is 6.08. The van der Waals surface area contributed by atoms with Crippen molar-refractivity contribution in [2.45, 2.75) is 40.0 Å². The van der Waals surface area contributed by atoms with Gasteiger partial charge in [-0.15, -0.1) is 0 Å². The van der Waals surface area contributed by atoms with Gasteiger partial charge in [-0.05, 0) is 26.8 Å². The first-order valence-corrected chi connectivity index (χ1v) is 9.17. The fraction of sp³-hybridized carbons (Fsp3) is 0.562. The van der Waals surface area contributed by atoms with Gasteiger partial charge in [0.2, 0.25) is 5.89 Å². The van der Waals surface area contributed by atoms with Crippen LogP contribution in [-0.2, 0) is 24.9 Å². The molecule has 2 aromatic heterocycles. The van der Waals surface area contributed by atoms with Gasteiger partial charge in [0, 0.05) is 25.9 Å².